The van der Waals surface area contributed by atoms with Gasteiger partial charge in [0.05, 0.1) is 34.7 Å². The molecule has 1 saturated heterocycles. The SMILES string of the molecule is CC[C@H]1CN(C(C)c2ccc(C(F)(F)F)c(C)n2)[C@H](CC)CN1c1cc(=O)n(C)c2cn(CC#N)nc12. The van der Waals surface area contributed by atoms with Gasteiger partial charge >= 0.3 is 6.18 Å². The van der Waals surface area contributed by atoms with Crippen molar-refractivity contribution in [3.05, 3.63) is 51.7 Å². The molecule has 0 radical (unpaired) electrons. The highest BCUT2D eigenvalue weighted by Crippen LogP contribution is 2.36. The molecule has 0 spiro atoms. The minimum absolute atomic E-state index is 0.0222. The first-order valence-corrected chi connectivity index (χ1v) is 12.5. The Kier molecular flexibility index (Phi) is 7.33. The van der Waals surface area contributed by atoms with Crippen LogP contribution >= 0.6 is 0 Å². The number of hydrogen-bond donors (Lipinski definition) is 0. The number of nitriles is 1. The molecule has 1 unspecified atom stereocenters. The molecule has 0 saturated carbocycles. The van der Waals surface area contributed by atoms with E-state index in [0.29, 0.717) is 29.8 Å². The molecule has 3 atom stereocenters. The Morgan fingerprint density at radius 2 is 1.89 bits per heavy atom. The fourth-order valence-electron chi connectivity index (χ4n) is 5.35. The van der Waals surface area contributed by atoms with Crippen molar-refractivity contribution in [2.75, 3.05) is 18.0 Å². The number of piperazine rings is 1. The molecule has 4 rings (SSSR count). The maximum atomic E-state index is 13.3. The van der Waals surface area contributed by atoms with E-state index in [1.54, 1.807) is 24.0 Å². The zero-order valence-electron chi connectivity index (χ0n) is 21.7. The molecule has 198 valence electrons. The van der Waals surface area contributed by atoms with Crippen LogP contribution in [0.1, 0.15) is 56.6 Å². The molecule has 0 bridgehead atoms. The van der Waals surface area contributed by atoms with Crippen molar-refractivity contribution < 1.29 is 13.2 Å². The number of aromatic nitrogens is 4. The van der Waals surface area contributed by atoms with Gasteiger partial charge in [-0.2, -0.15) is 23.5 Å². The summed E-state index contributed by atoms with van der Waals surface area (Å²) in [4.78, 5) is 21.7. The van der Waals surface area contributed by atoms with Gasteiger partial charge in [0.1, 0.15) is 12.1 Å². The third-order valence-corrected chi connectivity index (χ3v) is 7.50. The lowest BCUT2D eigenvalue weighted by Gasteiger charge is -2.49. The molecule has 1 aliphatic heterocycles. The molecule has 4 heterocycles. The van der Waals surface area contributed by atoms with Crippen LogP contribution in [0, 0.1) is 18.3 Å². The third-order valence-electron chi connectivity index (χ3n) is 7.50. The van der Waals surface area contributed by atoms with Crippen LogP contribution in [0.25, 0.3) is 11.0 Å². The van der Waals surface area contributed by atoms with Gasteiger partial charge in [-0.3, -0.25) is 19.4 Å². The van der Waals surface area contributed by atoms with Gasteiger partial charge in [0.2, 0.25) is 0 Å². The smallest absolute Gasteiger partial charge is 0.364 e. The van der Waals surface area contributed by atoms with E-state index >= 15 is 0 Å². The molecule has 0 aromatic carbocycles. The number of nitrogens with zero attached hydrogens (tertiary/aromatic N) is 7. The summed E-state index contributed by atoms with van der Waals surface area (Å²) in [6, 6.07) is 6.26. The Labute approximate surface area is 213 Å². The molecule has 0 amide bonds. The average molecular weight is 516 g/mol. The summed E-state index contributed by atoms with van der Waals surface area (Å²) in [6.45, 7) is 8.93. The van der Waals surface area contributed by atoms with Gasteiger partial charge in [0, 0.05) is 50.0 Å². The Bertz CT molecular complexity index is 1390. The molecular formula is C26H32F3N7O. The normalized spacial score (nSPS) is 19.8. The summed E-state index contributed by atoms with van der Waals surface area (Å²) in [7, 11) is 1.69. The Hall–Kier alpha value is -3.39. The van der Waals surface area contributed by atoms with Crippen molar-refractivity contribution in [3.63, 3.8) is 0 Å². The molecule has 1 fully saturated rings. The van der Waals surface area contributed by atoms with Gasteiger partial charge in [0.25, 0.3) is 5.56 Å². The van der Waals surface area contributed by atoms with Gasteiger partial charge in [-0.1, -0.05) is 13.8 Å². The molecule has 0 aliphatic carbocycles. The topological polar surface area (TPSA) is 83.0 Å². The largest absolute Gasteiger partial charge is 0.418 e. The van der Waals surface area contributed by atoms with E-state index < -0.39 is 11.7 Å². The van der Waals surface area contributed by atoms with Crippen molar-refractivity contribution >= 4 is 16.7 Å². The summed E-state index contributed by atoms with van der Waals surface area (Å²) >= 11 is 0. The van der Waals surface area contributed by atoms with Crippen LogP contribution in [-0.2, 0) is 19.8 Å². The lowest BCUT2D eigenvalue weighted by atomic mass is 9.97. The maximum absolute atomic E-state index is 13.3. The van der Waals surface area contributed by atoms with E-state index in [-0.39, 0.29) is 35.9 Å². The molecule has 8 nitrogen and oxygen atoms in total. The van der Waals surface area contributed by atoms with E-state index in [0.717, 1.165) is 24.6 Å². The first kappa shape index (κ1) is 26.7. The van der Waals surface area contributed by atoms with Crippen LogP contribution in [0.5, 0.6) is 0 Å². The number of fused-ring (bicyclic) bond motifs is 1. The van der Waals surface area contributed by atoms with Crippen molar-refractivity contribution in [2.45, 2.75) is 71.4 Å². The van der Waals surface area contributed by atoms with Crippen LogP contribution < -0.4 is 10.5 Å². The summed E-state index contributed by atoms with van der Waals surface area (Å²) in [5.41, 5.74) is 1.81. The summed E-state index contributed by atoms with van der Waals surface area (Å²) in [5, 5.41) is 13.7. The van der Waals surface area contributed by atoms with Gasteiger partial charge in [-0.15, -0.1) is 0 Å². The highest BCUT2D eigenvalue weighted by atomic mass is 19.4. The molecule has 0 N–H and O–H groups in total. The number of pyridine rings is 2. The Morgan fingerprint density at radius 1 is 1.19 bits per heavy atom. The van der Waals surface area contributed by atoms with Crippen LogP contribution in [0.15, 0.2) is 29.2 Å². The van der Waals surface area contributed by atoms with Crippen LogP contribution in [-0.4, -0.2) is 49.4 Å². The molecule has 3 aromatic rings. The second kappa shape index (κ2) is 10.2. The lowest BCUT2D eigenvalue weighted by Crippen LogP contribution is -2.59. The standard InChI is InChI=1S/C26H32F3N7O/c1-6-18-14-36(22-12-24(37)33(5)23-15-34(11-10-30)32-25(22)23)19(7-2)13-35(18)17(4)21-9-8-20(16(3)31-21)26(27,28)29/h8-9,12,15,17-19H,6-7,11,13-14H2,1-5H3/t17?,18-,19+/m1/s1. The number of rotatable bonds is 6. The molecule has 3 aromatic heterocycles. The zero-order valence-corrected chi connectivity index (χ0v) is 21.7. The average Bonchev–Trinajstić information content (AvgIpc) is 3.28. The summed E-state index contributed by atoms with van der Waals surface area (Å²) in [6.07, 6.45) is -1.09. The second-order valence-corrected chi connectivity index (χ2v) is 9.66. The van der Waals surface area contributed by atoms with E-state index in [9.17, 15) is 18.0 Å². The maximum Gasteiger partial charge on any atom is 0.418 e. The number of halogens is 3. The first-order chi connectivity index (χ1) is 17.5. The fraction of sp³-hybridized carbons (Fsp3) is 0.538. The van der Waals surface area contributed by atoms with Gasteiger partial charge in [-0.25, -0.2) is 0 Å². The van der Waals surface area contributed by atoms with E-state index in [4.69, 9.17) is 5.26 Å². The van der Waals surface area contributed by atoms with Crippen molar-refractivity contribution in [3.8, 4) is 6.07 Å². The predicted molar refractivity (Wildman–Crippen MR) is 135 cm³/mol. The van der Waals surface area contributed by atoms with Gasteiger partial charge < -0.3 is 9.47 Å². The van der Waals surface area contributed by atoms with Gasteiger partial charge in [0.15, 0.2) is 0 Å². The number of hydrogen-bond acceptors (Lipinski definition) is 6. The lowest BCUT2D eigenvalue weighted by molar-refractivity contribution is -0.138. The second-order valence-electron chi connectivity index (χ2n) is 9.66. The quantitative estimate of drug-likeness (QED) is 0.483. The minimum atomic E-state index is -4.43. The molecular weight excluding hydrogens is 483 g/mol. The number of alkyl halides is 3. The predicted octanol–water partition coefficient (Wildman–Crippen LogP) is 4.42. The fourth-order valence-corrected chi connectivity index (χ4v) is 5.35. The van der Waals surface area contributed by atoms with Gasteiger partial charge in [-0.05, 0) is 38.8 Å². The summed E-state index contributed by atoms with van der Waals surface area (Å²) in [5.74, 6) is 0. The minimum Gasteiger partial charge on any atom is -0.364 e. The number of aryl methyl sites for hydroxylation is 2. The highest BCUT2D eigenvalue weighted by molar-refractivity contribution is 5.88. The Morgan fingerprint density at radius 3 is 2.49 bits per heavy atom. The highest BCUT2D eigenvalue weighted by Gasteiger charge is 2.38. The molecule has 37 heavy (non-hydrogen) atoms. The monoisotopic (exact) mass is 515 g/mol. The van der Waals surface area contributed by atoms with E-state index in [1.165, 1.54) is 17.6 Å². The number of anilines is 1. The van der Waals surface area contributed by atoms with E-state index in [1.807, 2.05) is 6.92 Å². The zero-order chi connectivity index (χ0) is 27.1. The first-order valence-electron chi connectivity index (χ1n) is 12.5. The van der Waals surface area contributed by atoms with Crippen molar-refractivity contribution in [2.24, 2.45) is 7.05 Å². The third kappa shape index (κ3) is 4.94. The van der Waals surface area contributed by atoms with Crippen molar-refractivity contribution in [1.29, 1.82) is 5.26 Å². The van der Waals surface area contributed by atoms with Crippen LogP contribution in [0.3, 0.4) is 0 Å². The molecule has 1 aliphatic rings. The van der Waals surface area contributed by atoms with E-state index in [2.05, 4.69) is 39.8 Å². The van der Waals surface area contributed by atoms with Crippen molar-refractivity contribution in [1.82, 2.24) is 24.2 Å². The van der Waals surface area contributed by atoms with Crippen LogP contribution in [0.4, 0.5) is 18.9 Å². The summed E-state index contributed by atoms with van der Waals surface area (Å²) < 4.78 is 42.9. The Balaban J connectivity index is 1.69. The molecule has 11 heteroatoms. The van der Waals surface area contributed by atoms with Crippen LogP contribution in [0.2, 0.25) is 0 Å².